The summed E-state index contributed by atoms with van der Waals surface area (Å²) in [4.78, 5) is 33.4. The van der Waals surface area contributed by atoms with Gasteiger partial charge in [-0.25, -0.2) is 4.98 Å². The van der Waals surface area contributed by atoms with Gasteiger partial charge in [0.2, 0.25) is 11.6 Å². The van der Waals surface area contributed by atoms with Gasteiger partial charge in [-0.2, -0.15) is 0 Å². The first-order valence-electron chi connectivity index (χ1n) is 5.83. The van der Waals surface area contributed by atoms with Crippen molar-refractivity contribution in [3.63, 3.8) is 0 Å². The second-order valence-corrected chi connectivity index (χ2v) is 5.27. The average molecular weight is 282 g/mol. The number of hydrogen-bond acceptors (Lipinski definition) is 6. The summed E-state index contributed by atoms with van der Waals surface area (Å²) in [6.07, 6.45) is 4.56. The van der Waals surface area contributed by atoms with Gasteiger partial charge in [-0.3, -0.25) is 14.6 Å². The molecule has 96 valence electrons. The van der Waals surface area contributed by atoms with Gasteiger partial charge < -0.3 is 4.42 Å². The molecular formula is C14H6N2O3S. The molecule has 0 bridgehead atoms. The summed E-state index contributed by atoms with van der Waals surface area (Å²) >= 11 is 1.19. The van der Waals surface area contributed by atoms with Gasteiger partial charge in [0.25, 0.3) is 0 Å². The molecule has 0 saturated carbocycles. The summed E-state index contributed by atoms with van der Waals surface area (Å²) in [7, 11) is 0. The van der Waals surface area contributed by atoms with Crippen molar-refractivity contribution in [3.8, 4) is 10.6 Å². The van der Waals surface area contributed by atoms with Gasteiger partial charge in [0, 0.05) is 11.8 Å². The zero-order valence-corrected chi connectivity index (χ0v) is 10.8. The molecule has 0 N–H and O–H groups in total. The minimum atomic E-state index is -0.256. The lowest BCUT2D eigenvalue weighted by Crippen LogP contribution is -2.20. The fourth-order valence-electron chi connectivity index (χ4n) is 2.14. The molecule has 5 nitrogen and oxygen atoms in total. The van der Waals surface area contributed by atoms with Crippen molar-refractivity contribution >= 4 is 22.9 Å². The maximum atomic E-state index is 12.4. The molecule has 1 aliphatic rings. The van der Waals surface area contributed by atoms with Gasteiger partial charge in [-0.05, 0) is 18.2 Å². The van der Waals surface area contributed by atoms with E-state index >= 15 is 0 Å². The van der Waals surface area contributed by atoms with Crippen LogP contribution in [0.15, 0.2) is 41.3 Å². The molecule has 6 heteroatoms. The minimum absolute atomic E-state index is 0.201. The molecule has 0 unspecified atom stereocenters. The number of nitrogens with zero attached hydrogens (tertiary/aromatic N) is 2. The smallest absolute Gasteiger partial charge is 0.224 e. The Morgan fingerprint density at radius 3 is 2.80 bits per heavy atom. The summed E-state index contributed by atoms with van der Waals surface area (Å²) < 4.78 is 5.00. The molecule has 0 fully saturated rings. The predicted octanol–water partition coefficient (Wildman–Crippen LogP) is 2.57. The highest BCUT2D eigenvalue weighted by molar-refractivity contribution is 7.17. The topological polar surface area (TPSA) is 73.1 Å². The van der Waals surface area contributed by atoms with Crippen molar-refractivity contribution in [2.45, 2.75) is 0 Å². The number of thiazole rings is 1. The van der Waals surface area contributed by atoms with Crippen molar-refractivity contribution in [2.24, 2.45) is 0 Å². The number of hydrogen-bond donors (Lipinski definition) is 0. The Hall–Kier alpha value is -2.60. The number of furan rings is 1. The van der Waals surface area contributed by atoms with E-state index in [9.17, 15) is 9.59 Å². The second kappa shape index (κ2) is 3.94. The van der Waals surface area contributed by atoms with Crippen LogP contribution >= 0.6 is 11.3 Å². The van der Waals surface area contributed by atoms with E-state index < -0.39 is 0 Å². The third-order valence-corrected chi connectivity index (χ3v) is 4.19. The molecule has 20 heavy (non-hydrogen) atoms. The number of carbonyl (C=O) groups excluding carboxylic acids is 2. The van der Waals surface area contributed by atoms with E-state index in [1.807, 2.05) is 0 Å². The number of aromatic nitrogens is 2. The highest BCUT2D eigenvalue weighted by Gasteiger charge is 2.34. The first kappa shape index (κ1) is 11.2. The van der Waals surface area contributed by atoms with Crippen LogP contribution in [0.5, 0.6) is 0 Å². The number of fused-ring (bicyclic) bond motifs is 2. The molecular weight excluding hydrogens is 276 g/mol. The fourth-order valence-corrected chi connectivity index (χ4v) is 3.13. The maximum absolute atomic E-state index is 12.4. The van der Waals surface area contributed by atoms with E-state index in [0.717, 1.165) is 5.56 Å². The molecule has 0 aliphatic heterocycles. The van der Waals surface area contributed by atoms with Crippen LogP contribution in [0.25, 0.3) is 10.6 Å². The van der Waals surface area contributed by atoms with Gasteiger partial charge in [-0.1, -0.05) is 0 Å². The van der Waals surface area contributed by atoms with Crippen LogP contribution in [0.1, 0.15) is 31.4 Å². The third kappa shape index (κ3) is 1.42. The first-order chi connectivity index (χ1) is 9.75. The Labute approximate surface area is 116 Å². The number of carbonyl (C=O) groups is 2. The Balaban J connectivity index is 1.94. The van der Waals surface area contributed by atoms with E-state index in [2.05, 4.69) is 9.97 Å². The monoisotopic (exact) mass is 282 g/mol. The highest BCUT2D eigenvalue weighted by atomic mass is 32.1. The SMILES string of the molecule is O=C1c2cccnc2C(=O)c2sc(-c3ccoc3)nc21. The van der Waals surface area contributed by atoms with Gasteiger partial charge in [-0.15, -0.1) is 11.3 Å². The third-order valence-electron chi connectivity index (χ3n) is 3.08. The van der Waals surface area contributed by atoms with E-state index in [0.29, 0.717) is 15.4 Å². The van der Waals surface area contributed by atoms with Crippen LogP contribution in [0, 0.1) is 0 Å². The zero-order valence-electron chi connectivity index (χ0n) is 9.99. The number of rotatable bonds is 1. The van der Waals surface area contributed by atoms with Gasteiger partial charge in [0.1, 0.15) is 27.5 Å². The number of ketones is 2. The van der Waals surface area contributed by atoms with Gasteiger partial charge in [0.05, 0.1) is 11.8 Å². The summed E-state index contributed by atoms with van der Waals surface area (Å²) in [5, 5.41) is 0.596. The van der Waals surface area contributed by atoms with Crippen LogP contribution in [0.4, 0.5) is 0 Å². The molecule has 0 aromatic carbocycles. The summed E-state index contributed by atoms with van der Waals surface area (Å²) in [6, 6.07) is 4.98. The molecule has 3 heterocycles. The molecule has 0 saturated heterocycles. The summed E-state index contributed by atoms with van der Waals surface area (Å²) in [6.45, 7) is 0. The lowest BCUT2D eigenvalue weighted by Gasteiger charge is -2.10. The fraction of sp³-hybridized carbons (Fsp3) is 0. The zero-order chi connectivity index (χ0) is 13.7. The lowest BCUT2D eigenvalue weighted by atomic mass is 9.96. The van der Waals surface area contributed by atoms with Crippen molar-refractivity contribution in [1.29, 1.82) is 0 Å². The Morgan fingerprint density at radius 1 is 1.10 bits per heavy atom. The van der Waals surface area contributed by atoms with Crippen LogP contribution in [-0.2, 0) is 0 Å². The van der Waals surface area contributed by atoms with E-state index in [1.54, 1.807) is 18.2 Å². The molecule has 3 aromatic rings. The largest absolute Gasteiger partial charge is 0.472 e. The van der Waals surface area contributed by atoms with Crippen LogP contribution in [0.3, 0.4) is 0 Å². The predicted molar refractivity (Wildman–Crippen MR) is 70.9 cm³/mol. The van der Waals surface area contributed by atoms with Gasteiger partial charge in [0.15, 0.2) is 0 Å². The number of pyridine rings is 1. The lowest BCUT2D eigenvalue weighted by molar-refractivity contribution is 0.0975. The highest BCUT2D eigenvalue weighted by Crippen LogP contribution is 2.34. The molecule has 1 aliphatic carbocycles. The Kier molecular flexibility index (Phi) is 2.22. The maximum Gasteiger partial charge on any atom is 0.224 e. The van der Waals surface area contributed by atoms with Gasteiger partial charge >= 0.3 is 0 Å². The average Bonchev–Trinajstić information content (AvgIpc) is 3.13. The summed E-state index contributed by atoms with van der Waals surface area (Å²) in [5.41, 5.74) is 1.47. The van der Waals surface area contributed by atoms with Crippen LogP contribution < -0.4 is 0 Å². The molecule has 3 aromatic heterocycles. The Bertz CT molecular complexity index is 797. The van der Waals surface area contributed by atoms with Crippen LogP contribution in [-0.4, -0.2) is 21.5 Å². The normalized spacial score (nSPS) is 13.2. The summed E-state index contributed by atoms with van der Waals surface area (Å²) in [5.74, 6) is -0.504. The quantitative estimate of drug-likeness (QED) is 0.536. The molecule has 4 rings (SSSR count). The van der Waals surface area contributed by atoms with E-state index in [-0.39, 0.29) is 23.0 Å². The Morgan fingerprint density at radius 2 is 2.00 bits per heavy atom. The van der Waals surface area contributed by atoms with E-state index in [4.69, 9.17) is 4.42 Å². The van der Waals surface area contributed by atoms with Crippen molar-refractivity contribution in [1.82, 2.24) is 9.97 Å². The molecule has 0 amide bonds. The van der Waals surface area contributed by atoms with E-state index in [1.165, 1.54) is 30.1 Å². The van der Waals surface area contributed by atoms with Crippen molar-refractivity contribution in [3.05, 3.63) is 58.8 Å². The molecule has 0 atom stereocenters. The first-order valence-corrected chi connectivity index (χ1v) is 6.65. The van der Waals surface area contributed by atoms with Crippen LogP contribution in [0.2, 0.25) is 0 Å². The standard InChI is InChI=1S/C14H6N2O3S/c17-11-8-2-1-4-15-9(8)12(18)13-10(11)16-14(20-13)7-3-5-19-6-7/h1-6H. The molecule has 0 spiro atoms. The van der Waals surface area contributed by atoms with Crippen molar-refractivity contribution < 1.29 is 14.0 Å². The van der Waals surface area contributed by atoms with Crippen molar-refractivity contribution in [2.75, 3.05) is 0 Å². The second-order valence-electron chi connectivity index (χ2n) is 4.27. The minimum Gasteiger partial charge on any atom is -0.472 e. The molecule has 0 radical (unpaired) electrons.